The Kier molecular flexibility index (Phi) is 2.00. The van der Waals surface area contributed by atoms with Gasteiger partial charge in [-0.2, -0.15) is 0 Å². The number of hydrogen-bond acceptors (Lipinski definition) is 3. The number of nitrogens with two attached hydrogens (primary N) is 1. The second-order valence-corrected chi connectivity index (χ2v) is 4.10. The van der Waals surface area contributed by atoms with Gasteiger partial charge in [0.15, 0.2) is 0 Å². The number of amides is 1. The van der Waals surface area contributed by atoms with E-state index in [1.54, 1.807) is 11.3 Å². The highest BCUT2D eigenvalue weighted by molar-refractivity contribution is 7.16. The summed E-state index contributed by atoms with van der Waals surface area (Å²) in [5.41, 5.74) is 7.50. The molecule has 2 rings (SSSR count). The highest BCUT2D eigenvalue weighted by Gasteiger charge is 2.13. The van der Waals surface area contributed by atoms with Crippen molar-refractivity contribution in [2.45, 2.75) is 13.8 Å². The first kappa shape index (κ1) is 9.15. The highest BCUT2D eigenvalue weighted by atomic mass is 32.1. The van der Waals surface area contributed by atoms with Crippen LogP contribution in [0.3, 0.4) is 0 Å². The first-order valence-corrected chi connectivity index (χ1v) is 5.13. The Morgan fingerprint density at radius 3 is 2.86 bits per heavy atom. The Morgan fingerprint density at radius 2 is 2.21 bits per heavy atom. The third kappa shape index (κ3) is 1.19. The molecule has 0 fully saturated rings. The van der Waals surface area contributed by atoms with Crippen LogP contribution < -0.4 is 5.73 Å². The molecule has 4 heteroatoms. The quantitative estimate of drug-likeness (QED) is 0.776. The van der Waals surface area contributed by atoms with Gasteiger partial charge in [0.1, 0.15) is 4.83 Å². The van der Waals surface area contributed by atoms with E-state index < -0.39 is 5.91 Å². The minimum Gasteiger partial charge on any atom is -0.366 e. The normalized spacial score (nSPS) is 10.7. The van der Waals surface area contributed by atoms with Gasteiger partial charge < -0.3 is 5.73 Å². The van der Waals surface area contributed by atoms with Crippen molar-refractivity contribution in [2.24, 2.45) is 5.73 Å². The zero-order valence-corrected chi connectivity index (χ0v) is 8.81. The maximum atomic E-state index is 11.2. The summed E-state index contributed by atoms with van der Waals surface area (Å²) in [6, 6.07) is 1.97. The fourth-order valence-corrected chi connectivity index (χ4v) is 2.52. The van der Waals surface area contributed by atoms with Crippen LogP contribution in [0.15, 0.2) is 11.4 Å². The summed E-state index contributed by atoms with van der Waals surface area (Å²) in [5, 5.41) is 2.99. The standard InChI is InChI=1S/C10H10N2OS/c1-5-7-3-4-14-10(7)12-6(2)8(5)9(11)13/h3-4H,1-2H3,(H2,11,13). The van der Waals surface area contributed by atoms with Crippen molar-refractivity contribution in [3.8, 4) is 0 Å². The maximum absolute atomic E-state index is 11.2. The number of primary amides is 1. The van der Waals surface area contributed by atoms with Gasteiger partial charge in [0.2, 0.25) is 0 Å². The van der Waals surface area contributed by atoms with Crippen LogP contribution in [0.4, 0.5) is 0 Å². The summed E-state index contributed by atoms with van der Waals surface area (Å²) in [6.07, 6.45) is 0. The van der Waals surface area contributed by atoms with E-state index in [4.69, 9.17) is 5.73 Å². The summed E-state index contributed by atoms with van der Waals surface area (Å²) in [6.45, 7) is 3.72. The first-order valence-electron chi connectivity index (χ1n) is 4.25. The Bertz CT molecular complexity index is 516. The molecule has 2 aromatic rings. The smallest absolute Gasteiger partial charge is 0.250 e. The van der Waals surface area contributed by atoms with Crippen LogP contribution in [0.5, 0.6) is 0 Å². The van der Waals surface area contributed by atoms with Gasteiger partial charge in [0.25, 0.3) is 5.91 Å². The van der Waals surface area contributed by atoms with E-state index in [1.165, 1.54) is 0 Å². The predicted octanol–water partition coefficient (Wildman–Crippen LogP) is 2.01. The van der Waals surface area contributed by atoms with Crippen molar-refractivity contribution in [3.63, 3.8) is 0 Å². The lowest BCUT2D eigenvalue weighted by molar-refractivity contribution is 0.0999. The first-order chi connectivity index (χ1) is 6.61. The molecule has 0 unspecified atom stereocenters. The third-order valence-corrected chi connectivity index (χ3v) is 3.11. The van der Waals surface area contributed by atoms with Gasteiger partial charge in [-0.05, 0) is 30.9 Å². The Hall–Kier alpha value is -1.42. The van der Waals surface area contributed by atoms with Crippen LogP contribution in [-0.4, -0.2) is 10.9 Å². The van der Waals surface area contributed by atoms with E-state index in [2.05, 4.69) is 4.98 Å². The number of rotatable bonds is 1. The maximum Gasteiger partial charge on any atom is 0.250 e. The van der Waals surface area contributed by atoms with E-state index in [0.717, 1.165) is 15.8 Å². The van der Waals surface area contributed by atoms with Gasteiger partial charge in [-0.25, -0.2) is 4.98 Å². The second kappa shape index (κ2) is 3.06. The molecule has 0 aliphatic heterocycles. The molecule has 0 aliphatic carbocycles. The predicted molar refractivity (Wildman–Crippen MR) is 57.6 cm³/mol. The summed E-state index contributed by atoms with van der Waals surface area (Å²) < 4.78 is 0. The molecule has 0 bridgehead atoms. The van der Waals surface area contributed by atoms with Crippen molar-refractivity contribution in [2.75, 3.05) is 0 Å². The van der Waals surface area contributed by atoms with E-state index in [0.29, 0.717) is 11.3 Å². The average molecular weight is 206 g/mol. The molecular formula is C10H10N2OS. The zero-order valence-electron chi connectivity index (χ0n) is 8.00. The van der Waals surface area contributed by atoms with Crippen LogP contribution >= 0.6 is 11.3 Å². The zero-order chi connectivity index (χ0) is 10.3. The number of aryl methyl sites for hydroxylation is 2. The molecule has 2 heterocycles. The molecule has 2 aromatic heterocycles. The van der Waals surface area contributed by atoms with Crippen molar-refractivity contribution < 1.29 is 4.79 Å². The van der Waals surface area contributed by atoms with Gasteiger partial charge in [0.05, 0.1) is 11.3 Å². The number of pyridine rings is 1. The van der Waals surface area contributed by atoms with E-state index in [-0.39, 0.29) is 0 Å². The van der Waals surface area contributed by atoms with Crippen molar-refractivity contribution in [3.05, 3.63) is 28.3 Å². The summed E-state index contributed by atoms with van der Waals surface area (Å²) in [5.74, 6) is -0.402. The van der Waals surface area contributed by atoms with Crippen molar-refractivity contribution >= 4 is 27.5 Å². The van der Waals surface area contributed by atoms with E-state index in [1.807, 2.05) is 25.3 Å². The molecule has 0 spiro atoms. The lowest BCUT2D eigenvalue weighted by atomic mass is 10.1. The molecule has 3 nitrogen and oxygen atoms in total. The molecular weight excluding hydrogens is 196 g/mol. The van der Waals surface area contributed by atoms with E-state index in [9.17, 15) is 4.79 Å². The Labute approximate surface area is 85.6 Å². The lowest BCUT2D eigenvalue weighted by Crippen LogP contribution is -2.15. The minimum absolute atomic E-state index is 0.402. The molecule has 0 saturated carbocycles. The van der Waals surface area contributed by atoms with Crippen LogP contribution in [0, 0.1) is 13.8 Å². The molecule has 0 saturated heterocycles. The highest BCUT2D eigenvalue weighted by Crippen LogP contribution is 2.25. The molecule has 0 aromatic carbocycles. The number of carbonyl (C=O) groups is 1. The van der Waals surface area contributed by atoms with Crippen LogP contribution in [0.2, 0.25) is 0 Å². The largest absolute Gasteiger partial charge is 0.366 e. The average Bonchev–Trinajstić information content (AvgIpc) is 2.50. The van der Waals surface area contributed by atoms with Crippen LogP contribution in [0.25, 0.3) is 10.2 Å². The van der Waals surface area contributed by atoms with Gasteiger partial charge in [-0.1, -0.05) is 0 Å². The topological polar surface area (TPSA) is 56.0 Å². The van der Waals surface area contributed by atoms with Gasteiger partial charge in [-0.3, -0.25) is 4.79 Å². The molecule has 72 valence electrons. The number of fused-ring (bicyclic) bond motifs is 1. The second-order valence-electron chi connectivity index (χ2n) is 3.20. The Morgan fingerprint density at radius 1 is 1.50 bits per heavy atom. The number of nitrogens with zero attached hydrogens (tertiary/aromatic N) is 1. The fraction of sp³-hybridized carbons (Fsp3) is 0.200. The molecule has 2 N–H and O–H groups in total. The molecule has 14 heavy (non-hydrogen) atoms. The fourth-order valence-electron chi connectivity index (χ4n) is 1.65. The molecule has 0 radical (unpaired) electrons. The minimum atomic E-state index is -0.402. The molecule has 0 atom stereocenters. The summed E-state index contributed by atoms with van der Waals surface area (Å²) >= 11 is 1.57. The van der Waals surface area contributed by atoms with Gasteiger partial charge in [0, 0.05) is 5.39 Å². The Balaban J connectivity index is 2.89. The van der Waals surface area contributed by atoms with Crippen molar-refractivity contribution in [1.29, 1.82) is 0 Å². The lowest BCUT2D eigenvalue weighted by Gasteiger charge is -2.05. The molecule has 0 aliphatic rings. The monoisotopic (exact) mass is 206 g/mol. The SMILES string of the molecule is Cc1nc2sccc2c(C)c1C(N)=O. The number of hydrogen-bond donors (Lipinski definition) is 1. The number of carbonyl (C=O) groups excluding carboxylic acids is 1. The molecule has 1 amide bonds. The summed E-state index contributed by atoms with van der Waals surface area (Å²) in [4.78, 5) is 16.5. The van der Waals surface area contributed by atoms with Gasteiger partial charge in [-0.15, -0.1) is 11.3 Å². The number of aromatic nitrogens is 1. The summed E-state index contributed by atoms with van der Waals surface area (Å²) in [7, 11) is 0. The van der Waals surface area contributed by atoms with Crippen molar-refractivity contribution in [1.82, 2.24) is 4.98 Å². The number of thiophene rings is 1. The van der Waals surface area contributed by atoms with Crippen LogP contribution in [0.1, 0.15) is 21.6 Å². The van der Waals surface area contributed by atoms with Gasteiger partial charge >= 0.3 is 0 Å². The van der Waals surface area contributed by atoms with Crippen LogP contribution in [-0.2, 0) is 0 Å². The third-order valence-electron chi connectivity index (χ3n) is 2.30. The van der Waals surface area contributed by atoms with E-state index >= 15 is 0 Å².